The molecule has 2 aliphatic rings. The fraction of sp³-hybridized carbons (Fsp3) is 0.684. The number of nitrogens with zero attached hydrogens (tertiary/aromatic N) is 1. The number of amides is 2. The molecule has 0 spiro atoms. The summed E-state index contributed by atoms with van der Waals surface area (Å²) >= 11 is 1.72. The molecule has 1 saturated heterocycles. The van der Waals surface area contributed by atoms with Crippen molar-refractivity contribution in [2.45, 2.75) is 51.0 Å². The Morgan fingerprint density at radius 2 is 2.00 bits per heavy atom. The van der Waals surface area contributed by atoms with E-state index in [0.717, 1.165) is 38.5 Å². The summed E-state index contributed by atoms with van der Waals surface area (Å²) in [5.74, 6) is 0.757. The molecule has 2 atom stereocenters. The van der Waals surface area contributed by atoms with Gasteiger partial charge < -0.3 is 16.0 Å². The summed E-state index contributed by atoms with van der Waals surface area (Å²) in [4.78, 5) is 28.0. The normalized spacial score (nSPS) is 23.5. The summed E-state index contributed by atoms with van der Waals surface area (Å²) in [5.41, 5.74) is 6.08. The number of likely N-dealkylation sites (tertiary alicyclic amines) is 1. The van der Waals surface area contributed by atoms with Crippen molar-refractivity contribution in [2.24, 2.45) is 17.6 Å². The van der Waals surface area contributed by atoms with Crippen molar-refractivity contribution >= 4 is 35.6 Å². The number of rotatable bonds is 6. The highest BCUT2D eigenvalue weighted by atomic mass is 35.5. The van der Waals surface area contributed by atoms with Crippen LogP contribution in [0.5, 0.6) is 0 Å². The van der Waals surface area contributed by atoms with Gasteiger partial charge in [-0.05, 0) is 49.5 Å². The largest absolute Gasteiger partial charge is 0.355 e. The van der Waals surface area contributed by atoms with Gasteiger partial charge in [0.1, 0.15) is 0 Å². The number of nitrogens with one attached hydrogen (secondary N) is 1. The molecule has 1 aromatic heterocycles. The molecule has 0 unspecified atom stereocenters. The Balaban J connectivity index is 0.00000243. The SMILES string of the molecule is Cl.N[C@@H]1CCC[C@H]1CC(=O)N1CCC(C(=O)NCCc2cccs2)CC1. The second-order valence-corrected chi connectivity index (χ2v) is 8.37. The highest BCUT2D eigenvalue weighted by molar-refractivity contribution is 7.09. The van der Waals surface area contributed by atoms with Crippen molar-refractivity contribution in [3.8, 4) is 0 Å². The molecule has 5 nitrogen and oxygen atoms in total. The molecular weight excluding hydrogens is 370 g/mol. The van der Waals surface area contributed by atoms with Crippen LogP contribution in [0.4, 0.5) is 0 Å². The predicted octanol–water partition coefficient (Wildman–Crippen LogP) is 2.58. The third-order valence-electron chi connectivity index (χ3n) is 5.62. The zero-order chi connectivity index (χ0) is 17.6. The summed E-state index contributed by atoms with van der Waals surface area (Å²) in [7, 11) is 0. The number of nitrogens with two attached hydrogens (primary N) is 1. The van der Waals surface area contributed by atoms with Gasteiger partial charge in [0.2, 0.25) is 11.8 Å². The van der Waals surface area contributed by atoms with Gasteiger partial charge in [0.15, 0.2) is 0 Å². The molecule has 2 fully saturated rings. The summed E-state index contributed by atoms with van der Waals surface area (Å²) < 4.78 is 0. The van der Waals surface area contributed by atoms with Crippen LogP contribution in [0, 0.1) is 11.8 Å². The topological polar surface area (TPSA) is 75.4 Å². The van der Waals surface area contributed by atoms with Gasteiger partial charge in [-0.1, -0.05) is 12.5 Å². The first-order valence-corrected chi connectivity index (χ1v) is 10.3. The predicted molar refractivity (Wildman–Crippen MR) is 108 cm³/mol. The minimum absolute atomic E-state index is 0. The third-order valence-corrected chi connectivity index (χ3v) is 6.56. The summed E-state index contributed by atoms with van der Waals surface area (Å²) in [6.45, 7) is 2.09. The van der Waals surface area contributed by atoms with E-state index < -0.39 is 0 Å². The molecule has 1 aliphatic carbocycles. The van der Waals surface area contributed by atoms with E-state index in [2.05, 4.69) is 16.8 Å². The van der Waals surface area contributed by atoms with Gasteiger partial charge in [-0.2, -0.15) is 0 Å². The fourth-order valence-electron chi connectivity index (χ4n) is 3.97. The smallest absolute Gasteiger partial charge is 0.223 e. The monoisotopic (exact) mass is 399 g/mol. The number of carbonyl (C=O) groups excluding carboxylic acids is 2. The first kappa shape index (κ1) is 21.2. The van der Waals surface area contributed by atoms with E-state index in [-0.39, 0.29) is 36.2 Å². The van der Waals surface area contributed by atoms with Crippen LogP contribution in [-0.4, -0.2) is 42.4 Å². The van der Waals surface area contributed by atoms with Crippen LogP contribution < -0.4 is 11.1 Å². The van der Waals surface area contributed by atoms with Crippen molar-refractivity contribution in [3.63, 3.8) is 0 Å². The molecule has 0 bridgehead atoms. The lowest BCUT2D eigenvalue weighted by molar-refractivity contribution is -0.136. The minimum atomic E-state index is 0. The van der Waals surface area contributed by atoms with Crippen LogP contribution in [0.25, 0.3) is 0 Å². The second kappa shape index (κ2) is 10.3. The van der Waals surface area contributed by atoms with Crippen molar-refractivity contribution in [1.29, 1.82) is 0 Å². The number of halogens is 1. The van der Waals surface area contributed by atoms with Gasteiger partial charge in [0, 0.05) is 42.9 Å². The van der Waals surface area contributed by atoms with E-state index in [9.17, 15) is 9.59 Å². The molecule has 1 saturated carbocycles. The molecular formula is C19H30ClN3O2S. The molecule has 146 valence electrons. The summed E-state index contributed by atoms with van der Waals surface area (Å²) in [5, 5.41) is 5.10. The first-order chi connectivity index (χ1) is 12.1. The van der Waals surface area contributed by atoms with E-state index in [0.29, 0.717) is 32.0 Å². The third kappa shape index (κ3) is 5.69. The molecule has 1 aliphatic heterocycles. The number of hydrogen-bond acceptors (Lipinski definition) is 4. The first-order valence-electron chi connectivity index (χ1n) is 9.47. The Morgan fingerprint density at radius 1 is 1.23 bits per heavy atom. The van der Waals surface area contributed by atoms with E-state index in [1.807, 2.05) is 11.0 Å². The molecule has 3 rings (SSSR count). The highest BCUT2D eigenvalue weighted by Gasteiger charge is 2.31. The number of thiophene rings is 1. The van der Waals surface area contributed by atoms with E-state index in [4.69, 9.17) is 5.73 Å². The lowest BCUT2D eigenvalue weighted by atomic mass is 9.94. The van der Waals surface area contributed by atoms with E-state index in [1.165, 1.54) is 4.88 Å². The highest BCUT2D eigenvalue weighted by Crippen LogP contribution is 2.28. The number of carbonyl (C=O) groups is 2. The zero-order valence-corrected chi connectivity index (χ0v) is 16.8. The fourth-order valence-corrected chi connectivity index (χ4v) is 4.68. The lowest BCUT2D eigenvalue weighted by Crippen LogP contribution is -2.44. The molecule has 26 heavy (non-hydrogen) atoms. The Labute approximate surface area is 166 Å². The molecule has 1 aromatic rings. The van der Waals surface area contributed by atoms with Gasteiger partial charge in [-0.3, -0.25) is 9.59 Å². The Morgan fingerprint density at radius 3 is 2.62 bits per heavy atom. The van der Waals surface area contributed by atoms with Gasteiger partial charge in [-0.15, -0.1) is 23.7 Å². The van der Waals surface area contributed by atoms with Crippen LogP contribution in [0.3, 0.4) is 0 Å². The van der Waals surface area contributed by atoms with Gasteiger partial charge >= 0.3 is 0 Å². The van der Waals surface area contributed by atoms with Gasteiger partial charge in [-0.25, -0.2) is 0 Å². The average molecular weight is 400 g/mol. The molecule has 0 radical (unpaired) electrons. The standard InChI is InChI=1S/C19H29N3O2S.ClH/c20-17-5-1-3-15(17)13-18(23)22-10-7-14(8-11-22)19(24)21-9-6-16-4-2-12-25-16;/h2,4,12,14-15,17H,1,3,5-11,13,20H2,(H,21,24);1H/t15-,17+;/m0./s1. The van der Waals surface area contributed by atoms with Crippen molar-refractivity contribution in [3.05, 3.63) is 22.4 Å². The zero-order valence-electron chi connectivity index (χ0n) is 15.2. The Kier molecular flexibility index (Phi) is 8.38. The van der Waals surface area contributed by atoms with Crippen molar-refractivity contribution < 1.29 is 9.59 Å². The van der Waals surface area contributed by atoms with Crippen molar-refractivity contribution in [1.82, 2.24) is 10.2 Å². The maximum Gasteiger partial charge on any atom is 0.223 e. The minimum Gasteiger partial charge on any atom is -0.355 e. The molecule has 7 heteroatoms. The maximum atomic E-state index is 12.5. The number of piperidine rings is 1. The Hall–Kier alpha value is -1.11. The van der Waals surface area contributed by atoms with Crippen LogP contribution in [0.2, 0.25) is 0 Å². The lowest BCUT2D eigenvalue weighted by Gasteiger charge is -2.32. The van der Waals surface area contributed by atoms with Gasteiger partial charge in [0.05, 0.1) is 0 Å². The quantitative estimate of drug-likeness (QED) is 0.771. The van der Waals surface area contributed by atoms with Crippen LogP contribution in [-0.2, 0) is 16.0 Å². The average Bonchev–Trinajstić information content (AvgIpc) is 3.27. The Bertz CT molecular complexity index is 573. The van der Waals surface area contributed by atoms with Crippen molar-refractivity contribution in [2.75, 3.05) is 19.6 Å². The van der Waals surface area contributed by atoms with Crippen LogP contribution >= 0.6 is 23.7 Å². The molecule has 0 aromatic carbocycles. The van der Waals surface area contributed by atoms with E-state index >= 15 is 0 Å². The van der Waals surface area contributed by atoms with Crippen LogP contribution in [0.1, 0.15) is 43.4 Å². The molecule has 2 heterocycles. The van der Waals surface area contributed by atoms with E-state index in [1.54, 1.807) is 11.3 Å². The summed E-state index contributed by atoms with van der Waals surface area (Å²) in [6.07, 6.45) is 6.29. The van der Waals surface area contributed by atoms with Gasteiger partial charge in [0.25, 0.3) is 0 Å². The second-order valence-electron chi connectivity index (χ2n) is 7.33. The maximum absolute atomic E-state index is 12.5. The molecule has 3 N–H and O–H groups in total. The summed E-state index contributed by atoms with van der Waals surface area (Å²) in [6, 6.07) is 4.32. The molecule has 2 amide bonds. The van der Waals surface area contributed by atoms with Crippen LogP contribution in [0.15, 0.2) is 17.5 Å². The number of hydrogen-bond donors (Lipinski definition) is 2.